The first-order valence-electron chi connectivity index (χ1n) is 10.4. The topological polar surface area (TPSA) is 121 Å². The summed E-state index contributed by atoms with van der Waals surface area (Å²) in [7, 11) is 4.66. The van der Waals surface area contributed by atoms with Crippen molar-refractivity contribution in [1.82, 2.24) is 15.1 Å². The summed E-state index contributed by atoms with van der Waals surface area (Å²) < 4.78 is 16.5. The number of ether oxygens (including phenoxy) is 3. The highest BCUT2D eigenvalue weighted by atomic mass is 16.5. The smallest absolute Gasteiger partial charge is 0.276 e. The second-order valence-corrected chi connectivity index (χ2v) is 7.19. The van der Waals surface area contributed by atoms with Gasteiger partial charge in [0, 0.05) is 18.3 Å². The van der Waals surface area contributed by atoms with E-state index in [0.717, 1.165) is 10.2 Å². The molecule has 0 aliphatic carbocycles. The third-order valence-electron chi connectivity index (χ3n) is 4.92. The molecular weight excluding hydrogens is 440 g/mol. The van der Waals surface area contributed by atoms with E-state index in [-0.39, 0.29) is 12.2 Å². The normalized spacial score (nSPS) is 10.3. The van der Waals surface area contributed by atoms with Crippen LogP contribution in [0.3, 0.4) is 0 Å². The van der Waals surface area contributed by atoms with Crippen LogP contribution in [0.5, 0.6) is 17.2 Å². The van der Waals surface area contributed by atoms with Gasteiger partial charge in [-0.2, -0.15) is 5.10 Å². The van der Waals surface area contributed by atoms with Crippen LogP contribution >= 0.6 is 0 Å². The van der Waals surface area contributed by atoms with Gasteiger partial charge in [-0.25, -0.2) is 4.68 Å². The van der Waals surface area contributed by atoms with Crippen LogP contribution in [0.2, 0.25) is 0 Å². The quantitative estimate of drug-likeness (QED) is 0.468. The molecule has 3 aromatic rings. The largest absolute Gasteiger partial charge is 0.497 e. The Balaban J connectivity index is 1.57. The number of hydrogen-bond donors (Lipinski definition) is 2. The molecule has 0 saturated carbocycles. The fourth-order valence-corrected chi connectivity index (χ4v) is 3.13. The predicted molar refractivity (Wildman–Crippen MR) is 126 cm³/mol. The third kappa shape index (κ3) is 6.35. The Kier molecular flexibility index (Phi) is 8.22. The number of aromatic nitrogens is 2. The van der Waals surface area contributed by atoms with Gasteiger partial charge in [-0.05, 0) is 54.4 Å². The molecule has 0 aliphatic heterocycles. The molecule has 0 aliphatic rings. The van der Waals surface area contributed by atoms with Crippen molar-refractivity contribution >= 4 is 17.5 Å². The maximum atomic E-state index is 12.5. The van der Waals surface area contributed by atoms with Crippen molar-refractivity contribution in [2.45, 2.75) is 13.0 Å². The lowest BCUT2D eigenvalue weighted by Gasteiger charge is -2.11. The molecule has 0 unspecified atom stereocenters. The first kappa shape index (κ1) is 24.3. The van der Waals surface area contributed by atoms with E-state index >= 15 is 0 Å². The highest BCUT2D eigenvalue weighted by Crippen LogP contribution is 2.27. The van der Waals surface area contributed by atoms with E-state index in [1.807, 2.05) is 12.1 Å². The standard InChI is InChI=1S/C24H26N4O6/c1-32-18-7-5-17(6-8-18)26-24(31)19-9-11-23(30)28(27-19)15-22(29)25-13-12-16-4-10-20(33-2)21(14-16)34-3/h4-11,14H,12-13,15H2,1-3H3,(H,25,29)(H,26,31). The van der Waals surface area contributed by atoms with Crippen LogP contribution in [0.4, 0.5) is 5.69 Å². The van der Waals surface area contributed by atoms with Crippen molar-refractivity contribution in [3.05, 3.63) is 76.2 Å². The molecule has 2 amide bonds. The van der Waals surface area contributed by atoms with Gasteiger partial charge in [0.15, 0.2) is 11.5 Å². The van der Waals surface area contributed by atoms with Gasteiger partial charge in [-0.15, -0.1) is 0 Å². The molecule has 0 fully saturated rings. The molecule has 178 valence electrons. The zero-order valence-electron chi connectivity index (χ0n) is 19.2. The molecule has 0 atom stereocenters. The number of rotatable bonds is 10. The van der Waals surface area contributed by atoms with Gasteiger partial charge in [0.05, 0.1) is 21.3 Å². The summed E-state index contributed by atoms with van der Waals surface area (Å²) in [5.74, 6) is 0.973. The Morgan fingerprint density at radius 1 is 0.912 bits per heavy atom. The predicted octanol–water partition coefficient (Wildman–Crippen LogP) is 1.88. The fourth-order valence-electron chi connectivity index (χ4n) is 3.13. The molecule has 2 aromatic carbocycles. The van der Waals surface area contributed by atoms with E-state index in [1.54, 1.807) is 51.7 Å². The zero-order chi connectivity index (χ0) is 24.5. The van der Waals surface area contributed by atoms with E-state index in [1.165, 1.54) is 12.1 Å². The van der Waals surface area contributed by atoms with Gasteiger partial charge < -0.3 is 24.8 Å². The monoisotopic (exact) mass is 466 g/mol. The van der Waals surface area contributed by atoms with Crippen molar-refractivity contribution in [2.24, 2.45) is 0 Å². The lowest BCUT2D eigenvalue weighted by atomic mass is 10.1. The van der Waals surface area contributed by atoms with E-state index in [4.69, 9.17) is 14.2 Å². The molecule has 0 spiro atoms. The zero-order valence-corrected chi connectivity index (χ0v) is 19.2. The molecule has 3 rings (SSSR count). The molecule has 0 saturated heterocycles. The average molecular weight is 466 g/mol. The summed E-state index contributed by atoms with van der Waals surface area (Å²) in [5, 5.41) is 9.46. The van der Waals surface area contributed by atoms with E-state index in [2.05, 4.69) is 15.7 Å². The molecule has 34 heavy (non-hydrogen) atoms. The number of carbonyl (C=O) groups excluding carboxylic acids is 2. The summed E-state index contributed by atoms with van der Waals surface area (Å²) in [5.41, 5.74) is 1.01. The van der Waals surface area contributed by atoms with Crippen molar-refractivity contribution < 1.29 is 23.8 Å². The minimum absolute atomic E-state index is 0.00791. The Bertz CT molecular complexity index is 1210. The molecular formula is C24H26N4O6. The Hall–Kier alpha value is -4.34. The average Bonchev–Trinajstić information content (AvgIpc) is 2.85. The lowest BCUT2D eigenvalue weighted by molar-refractivity contribution is -0.121. The van der Waals surface area contributed by atoms with Crippen LogP contribution in [-0.2, 0) is 17.8 Å². The molecule has 1 heterocycles. The Morgan fingerprint density at radius 3 is 2.32 bits per heavy atom. The van der Waals surface area contributed by atoms with E-state index < -0.39 is 17.4 Å². The summed E-state index contributed by atoms with van der Waals surface area (Å²) in [6.45, 7) is 0.0368. The second-order valence-electron chi connectivity index (χ2n) is 7.19. The molecule has 10 heteroatoms. The number of carbonyl (C=O) groups is 2. The van der Waals surface area contributed by atoms with Crippen molar-refractivity contribution in [2.75, 3.05) is 33.2 Å². The number of nitrogens with zero attached hydrogens (tertiary/aromatic N) is 2. The van der Waals surface area contributed by atoms with E-state index in [9.17, 15) is 14.4 Å². The Labute approximate surface area is 196 Å². The SMILES string of the molecule is COc1ccc(NC(=O)c2ccc(=O)n(CC(=O)NCCc3ccc(OC)c(OC)c3)n2)cc1. The molecule has 0 radical (unpaired) electrons. The van der Waals surface area contributed by atoms with Crippen LogP contribution in [-0.4, -0.2) is 49.5 Å². The third-order valence-corrected chi connectivity index (χ3v) is 4.92. The first-order valence-corrected chi connectivity index (χ1v) is 10.4. The number of hydrogen-bond acceptors (Lipinski definition) is 7. The molecule has 10 nitrogen and oxygen atoms in total. The first-order chi connectivity index (χ1) is 16.4. The van der Waals surface area contributed by atoms with Gasteiger partial charge in [0.25, 0.3) is 11.5 Å². The maximum Gasteiger partial charge on any atom is 0.276 e. The van der Waals surface area contributed by atoms with Gasteiger partial charge in [-0.1, -0.05) is 6.07 Å². The number of amides is 2. The highest BCUT2D eigenvalue weighted by molar-refractivity contribution is 6.02. The van der Waals surface area contributed by atoms with Gasteiger partial charge in [0.1, 0.15) is 18.0 Å². The van der Waals surface area contributed by atoms with Gasteiger partial charge in [0.2, 0.25) is 5.91 Å². The van der Waals surface area contributed by atoms with Crippen LogP contribution < -0.4 is 30.4 Å². The van der Waals surface area contributed by atoms with Crippen LogP contribution in [0, 0.1) is 0 Å². The number of methoxy groups -OCH3 is 3. The molecule has 0 bridgehead atoms. The lowest BCUT2D eigenvalue weighted by Crippen LogP contribution is -2.35. The summed E-state index contributed by atoms with van der Waals surface area (Å²) >= 11 is 0. The fraction of sp³-hybridized carbons (Fsp3) is 0.250. The minimum atomic E-state index is -0.507. The Morgan fingerprint density at radius 2 is 1.65 bits per heavy atom. The van der Waals surface area contributed by atoms with Gasteiger partial charge in [-0.3, -0.25) is 14.4 Å². The van der Waals surface area contributed by atoms with Crippen molar-refractivity contribution in [3.63, 3.8) is 0 Å². The molecule has 2 N–H and O–H groups in total. The summed E-state index contributed by atoms with van der Waals surface area (Å²) in [6, 6.07) is 14.8. The number of anilines is 1. The van der Waals surface area contributed by atoms with Crippen LogP contribution in [0.15, 0.2) is 59.4 Å². The number of benzene rings is 2. The summed E-state index contributed by atoms with van der Waals surface area (Å²) in [4.78, 5) is 37.0. The summed E-state index contributed by atoms with van der Waals surface area (Å²) in [6.07, 6.45) is 0.554. The van der Waals surface area contributed by atoms with Crippen molar-refractivity contribution in [3.8, 4) is 17.2 Å². The minimum Gasteiger partial charge on any atom is -0.497 e. The maximum absolute atomic E-state index is 12.5. The molecule has 1 aromatic heterocycles. The second kappa shape index (κ2) is 11.5. The van der Waals surface area contributed by atoms with Crippen molar-refractivity contribution in [1.29, 1.82) is 0 Å². The van der Waals surface area contributed by atoms with Crippen LogP contribution in [0.1, 0.15) is 16.1 Å². The highest BCUT2D eigenvalue weighted by Gasteiger charge is 2.12. The van der Waals surface area contributed by atoms with Crippen LogP contribution in [0.25, 0.3) is 0 Å². The van der Waals surface area contributed by atoms with Gasteiger partial charge >= 0.3 is 0 Å². The number of nitrogens with one attached hydrogen (secondary N) is 2. The van der Waals surface area contributed by atoms with E-state index in [0.29, 0.717) is 35.9 Å².